The van der Waals surface area contributed by atoms with Crippen molar-refractivity contribution in [3.8, 4) is 0 Å². The molecule has 0 aliphatic carbocycles. The van der Waals surface area contributed by atoms with Crippen molar-refractivity contribution < 1.29 is 18.3 Å². The van der Waals surface area contributed by atoms with E-state index in [4.69, 9.17) is 5.73 Å². The molecule has 0 fully saturated rings. The topological polar surface area (TPSA) is 59.1 Å². The van der Waals surface area contributed by atoms with Crippen molar-refractivity contribution in [3.63, 3.8) is 0 Å². The molecule has 0 aliphatic rings. The Labute approximate surface area is 127 Å². The molecule has 3 nitrogen and oxygen atoms in total. The summed E-state index contributed by atoms with van der Waals surface area (Å²) in [4.78, 5) is 3.83. The molecule has 1 heterocycles. The Morgan fingerprint density at radius 3 is 2.52 bits per heavy atom. The fraction of sp³-hybridized carbons (Fsp3) is 0.214. The number of alkyl halides is 1. The molecule has 2 rings (SSSR count). The van der Waals surface area contributed by atoms with Crippen molar-refractivity contribution in [1.29, 1.82) is 0 Å². The Bertz CT molecular complexity index is 639. The van der Waals surface area contributed by atoms with Crippen LogP contribution in [0.4, 0.5) is 13.2 Å². The maximum Gasteiger partial charge on any atom is 0.176 e. The summed E-state index contributed by atoms with van der Waals surface area (Å²) in [6.07, 6.45) is -0.713. The third-order valence-electron chi connectivity index (χ3n) is 3.14. The standard InChI is InChI=1S/C14H12BrF3N2O/c15-8-1-4-12(20-6-8)13(18)14(21,7-19)10-3-2-9(16)5-11(10)17/h1-6,13,21H,7,19H2. The van der Waals surface area contributed by atoms with Crippen LogP contribution in [0, 0.1) is 11.6 Å². The molecule has 0 bridgehead atoms. The van der Waals surface area contributed by atoms with Crippen LogP contribution in [0.5, 0.6) is 0 Å². The summed E-state index contributed by atoms with van der Waals surface area (Å²) in [6.45, 7) is -0.589. The van der Waals surface area contributed by atoms with E-state index >= 15 is 0 Å². The number of hydrogen-bond acceptors (Lipinski definition) is 3. The Hall–Kier alpha value is -1.44. The Morgan fingerprint density at radius 1 is 1.29 bits per heavy atom. The van der Waals surface area contributed by atoms with Gasteiger partial charge in [-0.1, -0.05) is 6.07 Å². The summed E-state index contributed by atoms with van der Waals surface area (Å²) in [5.41, 5.74) is 2.58. The normalized spacial score (nSPS) is 15.5. The van der Waals surface area contributed by atoms with Gasteiger partial charge in [-0.15, -0.1) is 0 Å². The van der Waals surface area contributed by atoms with Gasteiger partial charge in [-0.25, -0.2) is 13.2 Å². The van der Waals surface area contributed by atoms with E-state index in [2.05, 4.69) is 20.9 Å². The summed E-state index contributed by atoms with van der Waals surface area (Å²) in [7, 11) is 0. The van der Waals surface area contributed by atoms with Gasteiger partial charge in [0.1, 0.15) is 17.2 Å². The van der Waals surface area contributed by atoms with Gasteiger partial charge in [-0.2, -0.15) is 0 Å². The van der Waals surface area contributed by atoms with Crippen LogP contribution in [-0.4, -0.2) is 16.6 Å². The molecule has 0 amide bonds. The first kappa shape index (κ1) is 15.9. The number of benzene rings is 1. The van der Waals surface area contributed by atoms with Crippen LogP contribution in [-0.2, 0) is 5.60 Å². The maximum atomic E-state index is 14.6. The molecule has 0 saturated heterocycles. The highest BCUT2D eigenvalue weighted by molar-refractivity contribution is 9.10. The molecular weight excluding hydrogens is 349 g/mol. The van der Waals surface area contributed by atoms with Gasteiger partial charge >= 0.3 is 0 Å². The van der Waals surface area contributed by atoms with E-state index < -0.39 is 35.5 Å². The van der Waals surface area contributed by atoms with Gasteiger partial charge in [0.2, 0.25) is 0 Å². The number of nitrogens with zero attached hydrogens (tertiary/aromatic N) is 1. The molecule has 0 saturated carbocycles. The van der Waals surface area contributed by atoms with Crippen LogP contribution in [0.1, 0.15) is 17.4 Å². The van der Waals surface area contributed by atoms with Crippen LogP contribution in [0.25, 0.3) is 0 Å². The van der Waals surface area contributed by atoms with Crippen molar-refractivity contribution in [3.05, 3.63) is 63.9 Å². The van der Waals surface area contributed by atoms with Gasteiger partial charge in [-0.3, -0.25) is 4.98 Å². The second-order valence-electron chi connectivity index (χ2n) is 4.52. The lowest BCUT2D eigenvalue weighted by molar-refractivity contribution is -0.0391. The molecule has 3 N–H and O–H groups in total. The molecule has 2 atom stereocenters. The Balaban J connectivity index is 2.46. The number of aliphatic hydroxyl groups is 1. The average Bonchev–Trinajstić information content (AvgIpc) is 2.46. The Kier molecular flexibility index (Phi) is 4.65. The smallest absolute Gasteiger partial charge is 0.176 e. The van der Waals surface area contributed by atoms with Gasteiger partial charge in [0.05, 0.1) is 5.69 Å². The van der Waals surface area contributed by atoms with Crippen LogP contribution in [0.3, 0.4) is 0 Å². The van der Waals surface area contributed by atoms with E-state index in [0.29, 0.717) is 10.5 Å². The van der Waals surface area contributed by atoms with Crippen LogP contribution in [0.15, 0.2) is 41.0 Å². The van der Waals surface area contributed by atoms with Crippen molar-refractivity contribution in [2.45, 2.75) is 11.8 Å². The minimum Gasteiger partial charge on any atom is -0.380 e. The summed E-state index contributed by atoms with van der Waals surface area (Å²) in [6, 6.07) is 5.35. The van der Waals surface area contributed by atoms with Gasteiger partial charge in [0.25, 0.3) is 0 Å². The molecule has 0 spiro atoms. The van der Waals surface area contributed by atoms with Crippen molar-refractivity contribution in [2.75, 3.05) is 6.54 Å². The first-order valence-electron chi connectivity index (χ1n) is 6.02. The molecular formula is C14H12BrF3N2O. The fourth-order valence-electron chi connectivity index (χ4n) is 1.97. The quantitative estimate of drug-likeness (QED) is 0.880. The number of halogens is 4. The number of rotatable bonds is 4. The van der Waals surface area contributed by atoms with Gasteiger partial charge < -0.3 is 10.8 Å². The highest BCUT2D eigenvalue weighted by Crippen LogP contribution is 2.38. The zero-order valence-electron chi connectivity index (χ0n) is 10.7. The third-order valence-corrected chi connectivity index (χ3v) is 3.61. The first-order valence-corrected chi connectivity index (χ1v) is 6.81. The zero-order valence-corrected chi connectivity index (χ0v) is 12.3. The van der Waals surface area contributed by atoms with Crippen LogP contribution >= 0.6 is 15.9 Å². The molecule has 7 heteroatoms. The summed E-state index contributed by atoms with van der Waals surface area (Å²) in [5, 5.41) is 10.4. The highest BCUT2D eigenvalue weighted by Gasteiger charge is 2.41. The van der Waals surface area contributed by atoms with E-state index in [0.717, 1.165) is 12.1 Å². The van der Waals surface area contributed by atoms with Crippen molar-refractivity contribution >= 4 is 15.9 Å². The molecule has 1 aromatic carbocycles. The molecule has 0 radical (unpaired) electrons. The molecule has 112 valence electrons. The molecule has 2 aromatic rings. The molecule has 0 aliphatic heterocycles. The Morgan fingerprint density at radius 2 is 2.00 bits per heavy atom. The molecule has 1 aromatic heterocycles. The summed E-state index contributed by atoms with van der Waals surface area (Å²) in [5.74, 6) is -1.89. The van der Waals surface area contributed by atoms with Gasteiger partial charge in [0.15, 0.2) is 6.17 Å². The van der Waals surface area contributed by atoms with E-state index in [1.165, 1.54) is 18.3 Å². The third kappa shape index (κ3) is 3.09. The van der Waals surface area contributed by atoms with E-state index in [1.807, 2.05) is 0 Å². The van der Waals surface area contributed by atoms with Crippen LogP contribution < -0.4 is 5.73 Å². The minimum absolute atomic E-state index is 0.102. The lowest BCUT2D eigenvalue weighted by Gasteiger charge is -2.30. The maximum absolute atomic E-state index is 14.6. The lowest BCUT2D eigenvalue weighted by atomic mass is 9.87. The summed E-state index contributed by atoms with van der Waals surface area (Å²) < 4.78 is 42.0. The number of nitrogens with two attached hydrogens (primary N) is 1. The number of pyridine rings is 1. The van der Waals surface area contributed by atoms with Gasteiger partial charge in [0, 0.05) is 28.8 Å². The highest BCUT2D eigenvalue weighted by atomic mass is 79.9. The van der Waals surface area contributed by atoms with E-state index in [9.17, 15) is 18.3 Å². The predicted octanol–water partition coefficient (Wildman–Crippen LogP) is 2.98. The van der Waals surface area contributed by atoms with Gasteiger partial charge in [-0.05, 0) is 34.1 Å². The van der Waals surface area contributed by atoms with E-state index in [-0.39, 0.29) is 5.69 Å². The molecule has 21 heavy (non-hydrogen) atoms. The zero-order chi connectivity index (χ0) is 15.6. The van der Waals surface area contributed by atoms with Crippen LogP contribution in [0.2, 0.25) is 0 Å². The monoisotopic (exact) mass is 360 g/mol. The molecule has 2 unspecified atom stereocenters. The first-order chi connectivity index (χ1) is 9.88. The number of aromatic nitrogens is 1. The number of hydrogen-bond donors (Lipinski definition) is 2. The largest absolute Gasteiger partial charge is 0.380 e. The summed E-state index contributed by atoms with van der Waals surface area (Å²) >= 11 is 3.15. The lowest BCUT2D eigenvalue weighted by Crippen LogP contribution is -2.40. The second-order valence-corrected chi connectivity index (χ2v) is 5.43. The average molecular weight is 361 g/mol. The van der Waals surface area contributed by atoms with Crippen molar-refractivity contribution in [1.82, 2.24) is 4.98 Å². The second kappa shape index (κ2) is 6.13. The van der Waals surface area contributed by atoms with E-state index in [1.54, 1.807) is 0 Å². The van der Waals surface area contributed by atoms with Crippen molar-refractivity contribution in [2.24, 2.45) is 5.73 Å². The SMILES string of the molecule is NCC(O)(c1ccc(F)cc1F)C(F)c1ccc(Br)cn1. The minimum atomic E-state index is -2.33. The fourth-order valence-corrected chi connectivity index (χ4v) is 2.21. The predicted molar refractivity (Wildman–Crippen MR) is 75.1 cm³/mol.